The quantitative estimate of drug-likeness (QED) is 0.480. The van der Waals surface area contributed by atoms with Crippen LogP contribution in [0.4, 0.5) is 0 Å². The summed E-state index contributed by atoms with van der Waals surface area (Å²) in [6.07, 6.45) is 0. The molecule has 2 aromatic rings. The lowest BCUT2D eigenvalue weighted by molar-refractivity contribution is 0.0600. The van der Waals surface area contributed by atoms with Crippen molar-refractivity contribution in [3.8, 4) is 0 Å². The van der Waals surface area contributed by atoms with E-state index in [-0.39, 0.29) is 6.04 Å². The molecule has 31 heavy (non-hydrogen) atoms. The summed E-state index contributed by atoms with van der Waals surface area (Å²) in [6.45, 7) is 6.76. The fourth-order valence-electron chi connectivity index (χ4n) is 4.17. The molecule has 0 aromatic heterocycles. The molecule has 2 unspecified atom stereocenters. The molecule has 1 saturated heterocycles. The van der Waals surface area contributed by atoms with Crippen LogP contribution in [0.1, 0.15) is 41.4 Å². The minimum Gasteiger partial charge on any atom is -0.465 e. The third-order valence-corrected chi connectivity index (χ3v) is 6.26. The molecule has 0 amide bonds. The number of rotatable bonds is 8. The van der Waals surface area contributed by atoms with Crippen molar-refractivity contribution >= 4 is 17.2 Å². The highest BCUT2D eigenvalue weighted by atomic mass is 32.2. The van der Waals surface area contributed by atoms with Crippen LogP contribution in [0.3, 0.4) is 0 Å². The second kappa shape index (κ2) is 11.0. The maximum atomic E-state index is 12.2. The maximum absolute atomic E-state index is 12.2. The van der Waals surface area contributed by atoms with Crippen molar-refractivity contribution in [1.82, 2.24) is 14.5 Å². The Kier molecular flexibility index (Phi) is 8.34. The summed E-state index contributed by atoms with van der Waals surface area (Å²) in [4.78, 5) is 14.0. The molecular formula is C23H31N3O4S. The first kappa shape index (κ1) is 23.6. The zero-order valence-electron chi connectivity index (χ0n) is 18.2. The Bertz CT molecular complexity index is 868. The Morgan fingerprint density at radius 2 is 1.77 bits per heavy atom. The first-order chi connectivity index (χ1) is 14.9. The predicted octanol–water partition coefficient (Wildman–Crippen LogP) is 2.84. The van der Waals surface area contributed by atoms with Gasteiger partial charge in [0.2, 0.25) is 11.3 Å². The highest BCUT2D eigenvalue weighted by Crippen LogP contribution is 2.26. The van der Waals surface area contributed by atoms with Crippen molar-refractivity contribution in [3.05, 3.63) is 71.3 Å². The van der Waals surface area contributed by atoms with Gasteiger partial charge in [-0.3, -0.25) is 9.45 Å². The summed E-state index contributed by atoms with van der Waals surface area (Å²) >= 11 is -2.14. The molecule has 1 heterocycles. The first-order valence-corrected chi connectivity index (χ1v) is 11.5. The average molecular weight is 446 g/mol. The van der Waals surface area contributed by atoms with Crippen LogP contribution in [0.15, 0.2) is 54.6 Å². The number of piperazine rings is 1. The van der Waals surface area contributed by atoms with E-state index in [4.69, 9.17) is 4.74 Å². The number of hydrogen-bond acceptors (Lipinski definition) is 5. The SMILES string of the molecule is COC(=O)c1ccc(CN(CC(c2ccccc2)N2C[C@@H](C)N[C@@H](C)C2)S(=O)O)cc1. The van der Waals surface area contributed by atoms with Crippen molar-refractivity contribution in [2.75, 3.05) is 26.7 Å². The van der Waals surface area contributed by atoms with Crippen LogP contribution < -0.4 is 5.32 Å². The number of hydrogen-bond donors (Lipinski definition) is 2. The zero-order chi connectivity index (χ0) is 22.4. The number of carbonyl (C=O) groups excluding carboxylic acids is 1. The van der Waals surface area contributed by atoms with Crippen LogP contribution in [0, 0.1) is 0 Å². The number of methoxy groups -OCH3 is 1. The van der Waals surface area contributed by atoms with E-state index in [2.05, 4.69) is 36.2 Å². The molecular weight excluding hydrogens is 414 g/mol. The molecule has 0 saturated carbocycles. The normalized spacial score (nSPS) is 21.6. The van der Waals surface area contributed by atoms with Gasteiger partial charge in [0.1, 0.15) is 0 Å². The summed E-state index contributed by atoms with van der Waals surface area (Å²) in [5.74, 6) is -0.403. The number of nitrogens with one attached hydrogen (secondary N) is 1. The Morgan fingerprint density at radius 1 is 1.16 bits per heavy atom. The monoisotopic (exact) mass is 445 g/mol. The molecule has 1 aliphatic heterocycles. The second-order valence-corrected chi connectivity index (χ2v) is 9.07. The fourth-order valence-corrected chi connectivity index (χ4v) is 4.70. The lowest BCUT2D eigenvalue weighted by Crippen LogP contribution is -2.56. The van der Waals surface area contributed by atoms with Crippen LogP contribution in [-0.4, -0.2) is 62.8 Å². The number of esters is 1. The molecule has 0 spiro atoms. The Hall–Kier alpha value is -2.10. The van der Waals surface area contributed by atoms with Gasteiger partial charge in [-0.15, -0.1) is 0 Å². The summed E-state index contributed by atoms with van der Waals surface area (Å²) < 4.78 is 28.6. The van der Waals surface area contributed by atoms with Crippen molar-refractivity contribution in [2.24, 2.45) is 0 Å². The van der Waals surface area contributed by atoms with Gasteiger partial charge in [0.15, 0.2) is 0 Å². The lowest BCUT2D eigenvalue weighted by atomic mass is 10.0. The Labute approximate surface area is 186 Å². The zero-order valence-corrected chi connectivity index (χ0v) is 19.0. The van der Waals surface area contributed by atoms with Gasteiger partial charge < -0.3 is 10.1 Å². The minimum atomic E-state index is -2.14. The van der Waals surface area contributed by atoms with E-state index in [9.17, 15) is 13.6 Å². The van der Waals surface area contributed by atoms with E-state index >= 15 is 0 Å². The van der Waals surface area contributed by atoms with E-state index in [0.717, 1.165) is 24.2 Å². The molecule has 1 aliphatic rings. The van der Waals surface area contributed by atoms with Gasteiger partial charge in [0, 0.05) is 44.3 Å². The van der Waals surface area contributed by atoms with Crippen LogP contribution in [0.25, 0.3) is 0 Å². The number of nitrogens with zero attached hydrogens (tertiary/aromatic N) is 2. The number of benzene rings is 2. The van der Waals surface area contributed by atoms with Crippen LogP contribution in [0.5, 0.6) is 0 Å². The van der Waals surface area contributed by atoms with E-state index in [1.54, 1.807) is 28.6 Å². The van der Waals surface area contributed by atoms with E-state index in [1.165, 1.54) is 7.11 Å². The second-order valence-electron chi connectivity index (χ2n) is 8.09. The van der Waals surface area contributed by atoms with Gasteiger partial charge in [0.05, 0.1) is 12.7 Å². The van der Waals surface area contributed by atoms with Crippen molar-refractivity contribution in [3.63, 3.8) is 0 Å². The molecule has 168 valence electrons. The Morgan fingerprint density at radius 3 is 2.32 bits per heavy atom. The molecule has 1 fully saturated rings. The molecule has 0 aliphatic carbocycles. The number of ether oxygens (including phenoxy) is 1. The van der Waals surface area contributed by atoms with E-state index < -0.39 is 17.2 Å². The molecule has 4 atom stereocenters. The molecule has 7 nitrogen and oxygen atoms in total. The third kappa shape index (κ3) is 6.44. The minimum absolute atomic E-state index is 0.0151. The van der Waals surface area contributed by atoms with Gasteiger partial charge in [0.25, 0.3) is 0 Å². The molecule has 3 rings (SSSR count). The largest absolute Gasteiger partial charge is 0.465 e. The topological polar surface area (TPSA) is 82.1 Å². The highest BCUT2D eigenvalue weighted by Gasteiger charge is 2.30. The summed E-state index contributed by atoms with van der Waals surface area (Å²) in [7, 11) is 1.34. The average Bonchev–Trinajstić information content (AvgIpc) is 2.76. The van der Waals surface area contributed by atoms with Crippen LogP contribution >= 0.6 is 0 Å². The molecule has 8 heteroatoms. The van der Waals surface area contributed by atoms with E-state index in [1.807, 2.05) is 18.2 Å². The van der Waals surface area contributed by atoms with Gasteiger partial charge in [-0.1, -0.05) is 42.5 Å². The van der Waals surface area contributed by atoms with Gasteiger partial charge in [-0.2, -0.15) is 4.31 Å². The summed E-state index contributed by atoms with van der Waals surface area (Å²) in [5.41, 5.74) is 2.43. The fraction of sp³-hybridized carbons (Fsp3) is 0.435. The van der Waals surface area contributed by atoms with Gasteiger partial charge >= 0.3 is 5.97 Å². The standard InChI is InChI=1S/C23H31N3O4S/c1-17-13-25(14-18(2)24-17)22(20-7-5-4-6-8-20)16-26(31(28)29)15-19-9-11-21(12-10-19)23(27)30-3/h4-12,17-18,22,24H,13-16H2,1-3H3,(H,28,29)/t17-,18+,22?. The van der Waals surface area contributed by atoms with Crippen molar-refractivity contribution < 1.29 is 18.3 Å². The predicted molar refractivity (Wildman–Crippen MR) is 122 cm³/mol. The smallest absolute Gasteiger partial charge is 0.337 e. The van der Waals surface area contributed by atoms with Crippen LogP contribution in [0.2, 0.25) is 0 Å². The lowest BCUT2D eigenvalue weighted by Gasteiger charge is -2.42. The number of carbonyl (C=O) groups is 1. The third-order valence-electron chi connectivity index (χ3n) is 5.54. The van der Waals surface area contributed by atoms with Crippen molar-refractivity contribution in [1.29, 1.82) is 0 Å². The van der Waals surface area contributed by atoms with Crippen molar-refractivity contribution in [2.45, 2.75) is 38.5 Å². The van der Waals surface area contributed by atoms with Gasteiger partial charge in [-0.05, 0) is 37.1 Å². The molecule has 0 bridgehead atoms. The molecule has 2 aromatic carbocycles. The first-order valence-electron chi connectivity index (χ1n) is 10.5. The summed E-state index contributed by atoms with van der Waals surface area (Å²) in [6, 6.07) is 17.7. The highest BCUT2D eigenvalue weighted by molar-refractivity contribution is 7.76. The maximum Gasteiger partial charge on any atom is 0.337 e. The van der Waals surface area contributed by atoms with Crippen LogP contribution in [-0.2, 0) is 22.5 Å². The summed E-state index contributed by atoms with van der Waals surface area (Å²) in [5, 5.41) is 3.55. The van der Waals surface area contributed by atoms with Gasteiger partial charge in [-0.25, -0.2) is 9.00 Å². The molecule has 0 radical (unpaired) electrons. The molecule has 2 N–H and O–H groups in total. The van der Waals surface area contributed by atoms with E-state index in [0.29, 0.717) is 30.7 Å². The Balaban J connectivity index is 1.81.